The molecule has 0 heterocycles. The SMILES string of the molecule is C=C(/C=C/C)CC=CCC.CC.CC. The van der Waals surface area contributed by atoms with Crippen molar-refractivity contribution in [3.8, 4) is 0 Å². The summed E-state index contributed by atoms with van der Waals surface area (Å²) in [6.07, 6.45) is 10.5. The van der Waals surface area contributed by atoms with Crippen LogP contribution in [0.5, 0.6) is 0 Å². The van der Waals surface area contributed by atoms with E-state index in [1.807, 2.05) is 46.8 Å². The fraction of sp³-hybridized carbons (Fsp3) is 0.571. The molecule has 0 nitrogen and oxygen atoms in total. The average molecular weight is 196 g/mol. The molecule has 0 heteroatoms. The summed E-state index contributed by atoms with van der Waals surface area (Å²) in [4.78, 5) is 0. The third-order valence-corrected chi connectivity index (χ3v) is 1.18. The summed E-state index contributed by atoms with van der Waals surface area (Å²) in [7, 11) is 0. The van der Waals surface area contributed by atoms with Crippen LogP contribution in [0.2, 0.25) is 0 Å². The standard InChI is InChI=1S/C10H16.2C2H6/c1-4-6-7-9-10(3)8-5-2;2*1-2/h5-8H,3-4,9H2,1-2H3;2*1-2H3/b7-6?,8-5+;;. The smallest absolute Gasteiger partial charge is 0.0103 e. The maximum atomic E-state index is 3.88. The van der Waals surface area contributed by atoms with Gasteiger partial charge in [0.15, 0.2) is 0 Å². The van der Waals surface area contributed by atoms with E-state index in [1.54, 1.807) is 0 Å². The summed E-state index contributed by atoms with van der Waals surface area (Å²) >= 11 is 0. The molecule has 0 atom stereocenters. The molecular weight excluding hydrogens is 168 g/mol. The van der Waals surface area contributed by atoms with Gasteiger partial charge in [0.2, 0.25) is 0 Å². The number of rotatable bonds is 4. The molecular formula is C14H28. The fourth-order valence-corrected chi connectivity index (χ4v) is 0.705. The molecule has 0 radical (unpaired) electrons. The molecule has 0 aromatic rings. The van der Waals surface area contributed by atoms with Gasteiger partial charge in [-0.25, -0.2) is 0 Å². The Hall–Kier alpha value is -0.780. The van der Waals surface area contributed by atoms with E-state index in [0.717, 1.165) is 12.8 Å². The fourth-order valence-electron chi connectivity index (χ4n) is 0.705. The largest absolute Gasteiger partial charge is 0.0955 e. The lowest BCUT2D eigenvalue weighted by molar-refractivity contribution is 1.18. The van der Waals surface area contributed by atoms with Crippen LogP contribution < -0.4 is 0 Å². The third kappa shape index (κ3) is 22.5. The highest BCUT2D eigenvalue weighted by molar-refractivity contribution is 5.16. The molecule has 0 aliphatic heterocycles. The Balaban J connectivity index is -0.000000266. The number of hydrogen-bond acceptors (Lipinski definition) is 0. The highest BCUT2D eigenvalue weighted by Crippen LogP contribution is 2.00. The van der Waals surface area contributed by atoms with Crippen molar-refractivity contribution in [2.45, 2.75) is 54.4 Å². The third-order valence-electron chi connectivity index (χ3n) is 1.18. The molecule has 0 bridgehead atoms. The van der Waals surface area contributed by atoms with Gasteiger partial charge in [-0.1, -0.05) is 71.1 Å². The highest BCUT2D eigenvalue weighted by Gasteiger charge is 1.80. The van der Waals surface area contributed by atoms with E-state index in [9.17, 15) is 0 Å². The molecule has 0 fully saturated rings. The van der Waals surface area contributed by atoms with Gasteiger partial charge >= 0.3 is 0 Å². The van der Waals surface area contributed by atoms with Crippen molar-refractivity contribution in [2.24, 2.45) is 0 Å². The Labute approximate surface area is 91.4 Å². The lowest BCUT2D eigenvalue weighted by atomic mass is 10.2. The molecule has 0 spiro atoms. The molecule has 0 saturated heterocycles. The molecule has 0 N–H and O–H groups in total. The molecule has 0 aliphatic rings. The van der Waals surface area contributed by atoms with Gasteiger partial charge in [-0.05, 0) is 19.8 Å². The van der Waals surface area contributed by atoms with Crippen molar-refractivity contribution in [2.75, 3.05) is 0 Å². The van der Waals surface area contributed by atoms with E-state index in [2.05, 4.69) is 25.7 Å². The van der Waals surface area contributed by atoms with Crippen molar-refractivity contribution >= 4 is 0 Å². The summed E-state index contributed by atoms with van der Waals surface area (Å²) in [6.45, 7) is 16.0. The van der Waals surface area contributed by atoms with Crippen LogP contribution >= 0.6 is 0 Å². The maximum absolute atomic E-state index is 3.88. The quantitative estimate of drug-likeness (QED) is 0.410. The van der Waals surface area contributed by atoms with Gasteiger partial charge in [0, 0.05) is 0 Å². The Morgan fingerprint density at radius 2 is 1.57 bits per heavy atom. The number of allylic oxidation sites excluding steroid dienone is 5. The van der Waals surface area contributed by atoms with E-state index in [-0.39, 0.29) is 0 Å². The summed E-state index contributed by atoms with van der Waals surface area (Å²) in [5.41, 5.74) is 1.17. The molecule has 0 aromatic heterocycles. The predicted octanol–water partition coefficient (Wildman–Crippen LogP) is 5.53. The summed E-state index contributed by atoms with van der Waals surface area (Å²) in [6, 6.07) is 0. The van der Waals surface area contributed by atoms with Crippen LogP contribution in [0.1, 0.15) is 54.4 Å². The molecule has 14 heavy (non-hydrogen) atoms. The van der Waals surface area contributed by atoms with Crippen LogP contribution in [0.25, 0.3) is 0 Å². The lowest BCUT2D eigenvalue weighted by Crippen LogP contribution is -1.69. The second-order valence-corrected chi connectivity index (χ2v) is 2.24. The van der Waals surface area contributed by atoms with E-state index in [4.69, 9.17) is 0 Å². The van der Waals surface area contributed by atoms with Crippen LogP contribution in [0.15, 0.2) is 36.5 Å². The first-order valence-corrected chi connectivity index (χ1v) is 5.76. The Bertz CT molecular complexity index is 138. The minimum absolute atomic E-state index is 0.984. The van der Waals surface area contributed by atoms with Crippen molar-refractivity contribution < 1.29 is 0 Å². The van der Waals surface area contributed by atoms with Gasteiger partial charge in [0.1, 0.15) is 0 Å². The van der Waals surface area contributed by atoms with Crippen molar-refractivity contribution in [1.29, 1.82) is 0 Å². The first kappa shape index (κ1) is 18.9. The summed E-state index contributed by atoms with van der Waals surface area (Å²) in [5, 5.41) is 0. The Kier molecular flexibility index (Phi) is 30.7. The van der Waals surface area contributed by atoms with Gasteiger partial charge in [0.25, 0.3) is 0 Å². The summed E-state index contributed by atoms with van der Waals surface area (Å²) < 4.78 is 0. The van der Waals surface area contributed by atoms with Gasteiger partial charge in [-0.3, -0.25) is 0 Å². The van der Waals surface area contributed by atoms with E-state index >= 15 is 0 Å². The van der Waals surface area contributed by atoms with Gasteiger partial charge < -0.3 is 0 Å². The molecule has 0 saturated carbocycles. The molecule has 0 aliphatic carbocycles. The lowest BCUT2D eigenvalue weighted by Gasteiger charge is -1.90. The molecule has 0 rings (SSSR count). The van der Waals surface area contributed by atoms with Crippen LogP contribution in [-0.4, -0.2) is 0 Å². The first-order chi connectivity index (χ1) is 6.81. The van der Waals surface area contributed by atoms with Crippen LogP contribution in [0.3, 0.4) is 0 Å². The highest BCUT2D eigenvalue weighted by atomic mass is 13.9. The minimum Gasteiger partial charge on any atom is -0.0955 e. The average Bonchev–Trinajstić information content (AvgIpc) is 2.25. The molecule has 0 unspecified atom stereocenters. The normalized spacial score (nSPS) is 9.00. The van der Waals surface area contributed by atoms with Crippen LogP contribution in [0, 0.1) is 0 Å². The van der Waals surface area contributed by atoms with E-state index < -0.39 is 0 Å². The molecule has 84 valence electrons. The van der Waals surface area contributed by atoms with Gasteiger partial charge in [0.05, 0.1) is 0 Å². The molecule has 0 amide bonds. The maximum Gasteiger partial charge on any atom is -0.0103 e. The predicted molar refractivity (Wildman–Crippen MR) is 70.7 cm³/mol. The monoisotopic (exact) mass is 196 g/mol. The van der Waals surface area contributed by atoms with Gasteiger partial charge in [-0.2, -0.15) is 0 Å². The number of hydrogen-bond donors (Lipinski definition) is 0. The second kappa shape index (κ2) is 22.8. The zero-order chi connectivity index (χ0) is 11.8. The first-order valence-electron chi connectivity index (χ1n) is 5.76. The van der Waals surface area contributed by atoms with Gasteiger partial charge in [-0.15, -0.1) is 0 Å². The second-order valence-electron chi connectivity index (χ2n) is 2.24. The minimum atomic E-state index is 0.984. The summed E-state index contributed by atoms with van der Waals surface area (Å²) in [5.74, 6) is 0. The van der Waals surface area contributed by atoms with Crippen molar-refractivity contribution in [3.63, 3.8) is 0 Å². The van der Waals surface area contributed by atoms with Crippen LogP contribution in [0.4, 0.5) is 0 Å². The van der Waals surface area contributed by atoms with Crippen LogP contribution in [-0.2, 0) is 0 Å². The Morgan fingerprint density at radius 3 is 1.93 bits per heavy atom. The zero-order valence-corrected chi connectivity index (χ0v) is 10.9. The van der Waals surface area contributed by atoms with Crippen molar-refractivity contribution in [1.82, 2.24) is 0 Å². The van der Waals surface area contributed by atoms with E-state index in [0.29, 0.717) is 0 Å². The topological polar surface area (TPSA) is 0 Å². The van der Waals surface area contributed by atoms with E-state index in [1.165, 1.54) is 5.57 Å². The Morgan fingerprint density at radius 1 is 1.07 bits per heavy atom. The zero-order valence-electron chi connectivity index (χ0n) is 10.9. The molecule has 0 aromatic carbocycles. The van der Waals surface area contributed by atoms with Crippen molar-refractivity contribution in [3.05, 3.63) is 36.5 Å².